The highest BCUT2D eigenvalue weighted by Crippen LogP contribution is 2.52. The second kappa shape index (κ2) is 5.80. The summed E-state index contributed by atoms with van der Waals surface area (Å²) in [5, 5.41) is 0. The van der Waals surface area contributed by atoms with Gasteiger partial charge in [0.2, 0.25) is 0 Å². The van der Waals surface area contributed by atoms with Crippen molar-refractivity contribution < 1.29 is 17.6 Å². The van der Waals surface area contributed by atoms with Gasteiger partial charge in [0.05, 0.1) is 11.6 Å². The van der Waals surface area contributed by atoms with E-state index in [1.54, 1.807) is 43.1 Å². The van der Waals surface area contributed by atoms with Crippen molar-refractivity contribution in [1.82, 2.24) is 9.88 Å². The topological polar surface area (TPSA) is 16.1 Å². The van der Waals surface area contributed by atoms with E-state index in [0.717, 1.165) is 0 Å². The number of likely N-dealkylation sites (N-methyl/N-ethyl adjacent to an activating group) is 1. The predicted molar refractivity (Wildman–Crippen MR) is 88.0 cm³/mol. The van der Waals surface area contributed by atoms with Gasteiger partial charge in [-0.3, -0.25) is 9.88 Å². The molecule has 1 unspecified atom stereocenters. The van der Waals surface area contributed by atoms with E-state index >= 15 is 8.78 Å². The molecule has 0 fully saturated rings. The van der Waals surface area contributed by atoms with Crippen LogP contribution in [0.5, 0.6) is 0 Å². The Morgan fingerprint density at radius 2 is 1.80 bits per heavy atom. The molecule has 0 amide bonds. The number of nitrogens with zero attached hydrogens (tertiary/aromatic N) is 2. The molecule has 0 aliphatic carbocycles. The second-order valence-electron chi connectivity index (χ2n) is 7.01. The molecule has 1 atom stereocenters. The summed E-state index contributed by atoms with van der Waals surface area (Å²) in [5.74, 6) is -3.04. The molecule has 134 valence electrons. The first-order chi connectivity index (χ1) is 11.6. The molecule has 2 heterocycles. The lowest BCUT2D eigenvalue weighted by Gasteiger charge is -2.51. The van der Waals surface area contributed by atoms with Crippen molar-refractivity contribution >= 4 is 0 Å². The van der Waals surface area contributed by atoms with Gasteiger partial charge in [0.1, 0.15) is 5.69 Å². The van der Waals surface area contributed by atoms with Gasteiger partial charge in [-0.1, -0.05) is 30.3 Å². The Bertz CT molecular complexity index is 802. The third-order valence-corrected chi connectivity index (χ3v) is 5.29. The smallest absolute Gasteiger partial charge is 0.284 e. The highest BCUT2D eigenvalue weighted by Gasteiger charge is 2.57. The lowest BCUT2D eigenvalue weighted by molar-refractivity contribution is -0.150. The van der Waals surface area contributed by atoms with E-state index in [4.69, 9.17) is 0 Å². The van der Waals surface area contributed by atoms with Gasteiger partial charge >= 0.3 is 0 Å². The zero-order valence-electron chi connectivity index (χ0n) is 14.5. The van der Waals surface area contributed by atoms with Crippen LogP contribution in [-0.2, 0) is 5.92 Å². The van der Waals surface area contributed by atoms with Gasteiger partial charge in [-0.05, 0) is 44.5 Å². The molecule has 2 nitrogen and oxygen atoms in total. The van der Waals surface area contributed by atoms with E-state index in [9.17, 15) is 8.78 Å². The van der Waals surface area contributed by atoms with Gasteiger partial charge in [0.15, 0.2) is 0 Å². The summed E-state index contributed by atoms with van der Waals surface area (Å²) in [6.45, 7) is 4.54. The number of halogens is 4. The van der Waals surface area contributed by atoms with E-state index in [0.29, 0.717) is 16.7 Å². The van der Waals surface area contributed by atoms with Crippen LogP contribution >= 0.6 is 0 Å². The normalized spacial score (nSPS) is 22.0. The maximum atomic E-state index is 15.0. The minimum Gasteiger partial charge on any atom is -0.284 e. The van der Waals surface area contributed by atoms with Crippen LogP contribution in [0.1, 0.15) is 54.3 Å². The third kappa shape index (κ3) is 2.54. The fourth-order valence-electron chi connectivity index (χ4n) is 3.49. The number of aromatic nitrogens is 1. The van der Waals surface area contributed by atoms with Crippen LogP contribution < -0.4 is 0 Å². The number of benzene rings is 1. The average molecular weight is 352 g/mol. The lowest BCUT2D eigenvalue weighted by atomic mass is 9.77. The minimum atomic E-state index is -3.04. The summed E-state index contributed by atoms with van der Waals surface area (Å²) in [6, 6.07) is 7.53. The first kappa shape index (κ1) is 17.9. The molecule has 1 aromatic carbocycles. The molecule has 0 radical (unpaired) electrons. The zero-order valence-corrected chi connectivity index (χ0v) is 14.5. The van der Waals surface area contributed by atoms with E-state index in [1.807, 2.05) is 0 Å². The Morgan fingerprint density at radius 3 is 2.40 bits per heavy atom. The van der Waals surface area contributed by atoms with Crippen LogP contribution in [0.4, 0.5) is 17.6 Å². The monoisotopic (exact) mass is 352 g/mol. The zero-order chi connectivity index (χ0) is 18.6. The van der Waals surface area contributed by atoms with E-state index in [2.05, 4.69) is 4.98 Å². The standard InChI is InChI=1S/C19H20F4N2/c1-11-9-12(10-24-15(11)17(20)21)16-13-7-5-6-8-14(13)19(22,23)18(2,3)25(16)4/h5-10,16-17H,1-4H3. The average Bonchev–Trinajstić information content (AvgIpc) is 2.54. The lowest BCUT2D eigenvalue weighted by Crippen LogP contribution is -2.58. The number of rotatable bonds is 2. The second-order valence-corrected chi connectivity index (χ2v) is 7.01. The Balaban J connectivity index is 2.21. The van der Waals surface area contributed by atoms with Crippen molar-refractivity contribution in [3.8, 4) is 0 Å². The van der Waals surface area contributed by atoms with Crippen LogP contribution in [0.25, 0.3) is 0 Å². The fraction of sp³-hybridized carbons (Fsp3) is 0.421. The van der Waals surface area contributed by atoms with Crippen LogP contribution in [-0.4, -0.2) is 22.5 Å². The molecule has 0 saturated heterocycles. The Labute approximate surface area is 144 Å². The summed E-state index contributed by atoms with van der Waals surface area (Å²) in [7, 11) is 1.63. The number of pyridine rings is 1. The van der Waals surface area contributed by atoms with Gasteiger partial charge < -0.3 is 0 Å². The molecule has 0 spiro atoms. The van der Waals surface area contributed by atoms with Crippen LogP contribution in [0, 0.1) is 6.92 Å². The summed E-state index contributed by atoms with van der Waals surface area (Å²) < 4.78 is 56.0. The van der Waals surface area contributed by atoms with Crippen LogP contribution in [0.15, 0.2) is 36.5 Å². The molecule has 0 saturated carbocycles. The third-order valence-electron chi connectivity index (χ3n) is 5.29. The van der Waals surface area contributed by atoms with Gasteiger partial charge in [-0.2, -0.15) is 8.78 Å². The maximum Gasteiger partial charge on any atom is 0.291 e. The van der Waals surface area contributed by atoms with Gasteiger partial charge in [-0.15, -0.1) is 0 Å². The molecular weight excluding hydrogens is 332 g/mol. The summed E-state index contributed by atoms with van der Waals surface area (Å²) in [5.41, 5.74) is -0.297. The van der Waals surface area contributed by atoms with Gasteiger partial charge in [0.25, 0.3) is 12.3 Å². The molecule has 0 N–H and O–H groups in total. The van der Waals surface area contributed by atoms with Crippen molar-refractivity contribution in [2.45, 2.75) is 44.7 Å². The van der Waals surface area contributed by atoms with E-state index < -0.39 is 23.9 Å². The predicted octanol–water partition coefficient (Wildman–Crippen LogP) is 5.23. The molecular formula is C19H20F4N2. The van der Waals surface area contributed by atoms with E-state index in [-0.39, 0.29) is 11.3 Å². The van der Waals surface area contributed by atoms with Crippen molar-refractivity contribution in [1.29, 1.82) is 0 Å². The van der Waals surface area contributed by atoms with Crippen molar-refractivity contribution in [3.63, 3.8) is 0 Å². The molecule has 2 aromatic rings. The highest BCUT2D eigenvalue weighted by atomic mass is 19.3. The van der Waals surface area contributed by atoms with Crippen LogP contribution in [0.2, 0.25) is 0 Å². The number of alkyl halides is 4. The molecule has 3 rings (SSSR count). The number of fused-ring (bicyclic) bond motifs is 1. The van der Waals surface area contributed by atoms with E-state index in [1.165, 1.54) is 26.1 Å². The quantitative estimate of drug-likeness (QED) is 0.688. The summed E-state index contributed by atoms with van der Waals surface area (Å²) in [4.78, 5) is 5.47. The van der Waals surface area contributed by atoms with Gasteiger partial charge in [0, 0.05) is 11.8 Å². The Kier molecular flexibility index (Phi) is 4.14. The highest BCUT2D eigenvalue weighted by molar-refractivity contribution is 5.45. The molecule has 6 heteroatoms. The minimum absolute atomic E-state index is 0.0290. The molecule has 1 aliphatic heterocycles. The first-order valence-electron chi connectivity index (χ1n) is 8.03. The first-order valence-corrected chi connectivity index (χ1v) is 8.03. The Morgan fingerprint density at radius 1 is 1.16 bits per heavy atom. The van der Waals surface area contributed by atoms with Crippen molar-refractivity contribution in [3.05, 3.63) is 64.5 Å². The van der Waals surface area contributed by atoms with Crippen molar-refractivity contribution in [2.24, 2.45) is 0 Å². The van der Waals surface area contributed by atoms with Crippen LogP contribution in [0.3, 0.4) is 0 Å². The largest absolute Gasteiger partial charge is 0.291 e. The number of hydrogen-bond donors (Lipinski definition) is 0. The number of hydrogen-bond acceptors (Lipinski definition) is 2. The SMILES string of the molecule is Cc1cc(C2c3ccccc3C(F)(F)C(C)(C)N2C)cnc1C(F)F. The molecule has 25 heavy (non-hydrogen) atoms. The molecule has 1 aromatic heterocycles. The summed E-state index contributed by atoms with van der Waals surface area (Å²) in [6.07, 6.45) is -1.29. The fourth-order valence-corrected chi connectivity index (χ4v) is 3.49. The number of aryl methyl sites for hydroxylation is 1. The van der Waals surface area contributed by atoms with Crippen molar-refractivity contribution in [2.75, 3.05) is 7.05 Å². The van der Waals surface area contributed by atoms with Gasteiger partial charge in [-0.25, -0.2) is 8.78 Å². The summed E-state index contributed by atoms with van der Waals surface area (Å²) >= 11 is 0. The maximum absolute atomic E-state index is 15.0. The molecule has 0 bridgehead atoms. The Hall–Kier alpha value is -1.95. The molecule has 1 aliphatic rings.